The van der Waals surface area contributed by atoms with Crippen LogP contribution < -0.4 is 9.47 Å². The number of hydrogen-bond acceptors (Lipinski definition) is 9. The van der Waals surface area contributed by atoms with Crippen LogP contribution in [-0.2, 0) is 21.9 Å². The van der Waals surface area contributed by atoms with E-state index in [1.54, 1.807) is 11.3 Å². The fourth-order valence-corrected chi connectivity index (χ4v) is 4.36. The van der Waals surface area contributed by atoms with Gasteiger partial charge in [0.1, 0.15) is 5.56 Å². The number of nitrogens with zero attached hydrogens (tertiary/aromatic N) is 2. The summed E-state index contributed by atoms with van der Waals surface area (Å²) in [4.78, 5) is 38.2. The lowest BCUT2D eigenvalue weighted by molar-refractivity contribution is -0.385. The van der Waals surface area contributed by atoms with Crippen molar-refractivity contribution < 1.29 is 28.2 Å². The van der Waals surface area contributed by atoms with Crippen LogP contribution in [0.4, 0.5) is 5.69 Å². The van der Waals surface area contributed by atoms with Gasteiger partial charge in [-0.15, -0.1) is 11.3 Å². The van der Waals surface area contributed by atoms with E-state index in [9.17, 15) is 19.7 Å². The fraction of sp³-hybridized carbons (Fsp3) is 0.333. The number of benzene rings is 1. The molecule has 0 bridgehead atoms. The van der Waals surface area contributed by atoms with Crippen LogP contribution in [-0.4, -0.2) is 41.5 Å². The number of thiol groups is 1. The van der Waals surface area contributed by atoms with E-state index in [2.05, 4.69) is 12.9 Å². The topological polar surface area (TPSA) is 108 Å². The molecule has 1 atom stereocenters. The van der Waals surface area contributed by atoms with Crippen molar-refractivity contribution in [2.75, 3.05) is 13.7 Å². The van der Waals surface area contributed by atoms with Crippen molar-refractivity contribution in [2.24, 2.45) is 0 Å². The molecule has 0 aliphatic carbocycles. The molecule has 0 N–H and O–H groups in total. The van der Waals surface area contributed by atoms with Crippen molar-refractivity contribution in [2.45, 2.75) is 25.9 Å². The second kappa shape index (κ2) is 8.80. The number of fused-ring (bicyclic) bond motifs is 1. The molecular weight excluding hydrogens is 420 g/mol. The van der Waals surface area contributed by atoms with Crippen LogP contribution in [0, 0.1) is 10.1 Å². The molecule has 154 valence electrons. The van der Waals surface area contributed by atoms with Crippen LogP contribution in [0.2, 0.25) is 0 Å². The maximum atomic E-state index is 13.3. The summed E-state index contributed by atoms with van der Waals surface area (Å²) in [6, 6.07) is 3.85. The summed E-state index contributed by atoms with van der Waals surface area (Å²) in [5.74, 6) is -1.29. The molecule has 0 fully saturated rings. The first-order chi connectivity index (χ1) is 13.8. The second-order valence-electron chi connectivity index (χ2n) is 6.33. The smallest absolute Gasteiger partial charge is 0.308 e. The number of nitro groups is 1. The maximum absolute atomic E-state index is 13.3. The molecule has 1 aliphatic heterocycles. The lowest BCUT2D eigenvalue weighted by Crippen LogP contribution is -2.46. The molecule has 1 aliphatic rings. The monoisotopic (exact) mass is 438 g/mol. The predicted molar refractivity (Wildman–Crippen MR) is 108 cm³/mol. The molecule has 3 rings (SSSR count). The van der Waals surface area contributed by atoms with Gasteiger partial charge in [-0.05, 0) is 29.9 Å². The Balaban J connectivity index is 2.04. The quantitative estimate of drug-likeness (QED) is 0.184. The predicted octanol–water partition coefficient (Wildman–Crippen LogP) is 3.02. The molecule has 0 radical (unpaired) electrons. The van der Waals surface area contributed by atoms with Gasteiger partial charge >= 0.3 is 5.97 Å². The highest BCUT2D eigenvalue weighted by Crippen LogP contribution is 2.37. The number of ether oxygens (including phenoxy) is 2. The zero-order chi connectivity index (χ0) is 21.1. The Morgan fingerprint density at radius 1 is 1.38 bits per heavy atom. The Hall–Kier alpha value is -2.63. The van der Waals surface area contributed by atoms with Gasteiger partial charge in [0.2, 0.25) is 0 Å². The third kappa shape index (κ3) is 4.36. The third-order valence-corrected chi connectivity index (χ3v) is 5.67. The molecule has 0 spiro atoms. The van der Waals surface area contributed by atoms with Crippen LogP contribution >= 0.6 is 24.2 Å². The highest BCUT2D eigenvalue weighted by atomic mass is 32.1. The molecule has 1 aromatic carbocycles. The van der Waals surface area contributed by atoms with E-state index in [4.69, 9.17) is 13.7 Å². The van der Waals surface area contributed by atoms with Crippen LogP contribution in [0.3, 0.4) is 0 Å². The van der Waals surface area contributed by atoms with Crippen LogP contribution in [0.15, 0.2) is 23.6 Å². The van der Waals surface area contributed by atoms with E-state index >= 15 is 0 Å². The van der Waals surface area contributed by atoms with Crippen LogP contribution in [0.25, 0.3) is 0 Å². The Morgan fingerprint density at radius 3 is 2.76 bits per heavy atom. The lowest BCUT2D eigenvalue weighted by Gasteiger charge is -2.35. The van der Waals surface area contributed by atoms with Crippen LogP contribution in [0.1, 0.15) is 27.7 Å². The molecule has 29 heavy (non-hydrogen) atoms. The normalized spacial score (nSPS) is 15.6. The lowest BCUT2D eigenvalue weighted by atomic mass is 10.00. The van der Waals surface area contributed by atoms with Gasteiger partial charge in [-0.25, -0.2) is 0 Å². The van der Waals surface area contributed by atoms with Crippen LogP contribution in [0.5, 0.6) is 11.5 Å². The molecule has 9 nitrogen and oxygen atoms in total. The molecule has 1 aromatic heterocycles. The summed E-state index contributed by atoms with van der Waals surface area (Å²) < 4.78 is 15.1. The van der Waals surface area contributed by atoms with Gasteiger partial charge in [0, 0.05) is 30.8 Å². The van der Waals surface area contributed by atoms with Gasteiger partial charge in [-0.3, -0.25) is 19.7 Å². The molecule has 0 unspecified atom stereocenters. The summed E-state index contributed by atoms with van der Waals surface area (Å²) in [5, 5.41) is 13.6. The first-order valence-corrected chi connectivity index (χ1v) is 9.77. The standard InChI is InChI=1S/C18H18N2O7S2/c1-10(21)27-16-7-14(20(23)24)13(6-15(16)25-2)18(22)19-8-11-3-4-29-17(11)5-12(19)9-26-28/h3-4,6-7,12,28H,5,8-9H2,1-2H3/t12-/m0/s1. The van der Waals surface area contributed by atoms with Gasteiger partial charge in [-0.1, -0.05) is 0 Å². The summed E-state index contributed by atoms with van der Waals surface area (Å²) >= 11 is 5.39. The molecule has 2 aromatic rings. The van der Waals surface area contributed by atoms with E-state index in [0.717, 1.165) is 16.5 Å². The van der Waals surface area contributed by atoms with Crippen molar-refractivity contribution in [3.05, 3.63) is 49.7 Å². The minimum atomic E-state index is -0.691. The number of rotatable bonds is 6. The highest BCUT2D eigenvalue weighted by Gasteiger charge is 2.35. The summed E-state index contributed by atoms with van der Waals surface area (Å²) in [6.07, 6.45) is 0.565. The maximum Gasteiger partial charge on any atom is 0.308 e. The largest absolute Gasteiger partial charge is 0.493 e. The number of carbonyl (C=O) groups excluding carboxylic acids is 2. The summed E-state index contributed by atoms with van der Waals surface area (Å²) in [6.45, 7) is 1.63. The Bertz CT molecular complexity index is 960. The average Bonchev–Trinajstić information content (AvgIpc) is 3.13. The molecular formula is C18H18N2O7S2. The Labute approximate surface area is 175 Å². The summed E-state index contributed by atoms with van der Waals surface area (Å²) in [5.41, 5.74) is 0.351. The van der Waals surface area contributed by atoms with E-state index in [1.807, 2.05) is 11.4 Å². The zero-order valence-corrected chi connectivity index (χ0v) is 17.3. The zero-order valence-electron chi connectivity index (χ0n) is 15.6. The van der Waals surface area contributed by atoms with Gasteiger partial charge in [-0.2, -0.15) is 0 Å². The number of carbonyl (C=O) groups is 2. The van der Waals surface area contributed by atoms with Gasteiger partial charge < -0.3 is 18.6 Å². The minimum Gasteiger partial charge on any atom is -0.493 e. The average molecular weight is 438 g/mol. The first kappa shape index (κ1) is 21.1. The van der Waals surface area contributed by atoms with E-state index in [0.29, 0.717) is 13.0 Å². The second-order valence-corrected chi connectivity index (χ2v) is 7.59. The highest BCUT2D eigenvalue weighted by molar-refractivity contribution is 7.75. The Morgan fingerprint density at radius 2 is 2.14 bits per heavy atom. The van der Waals surface area contributed by atoms with E-state index < -0.39 is 22.5 Å². The van der Waals surface area contributed by atoms with Crippen molar-refractivity contribution in [1.82, 2.24) is 4.90 Å². The molecule has 2 heterocycles. The molecule has 1 amide bonds. The molecule has 0 saturated heterocycles. The SMILES string of the molecule is COc1cc(C(=O)N2Cc3ccsc3C[C@H]2COS)c([N+](=O)[O-])cc1OC(C)=O. The van der Waals surface area contributed by atoms with Crippen molar-refractivity contribution in [3.8, 4) is 11.5 Å². The number of nitro benzene ring substituents is 1. The summed E-state index contributed by atoms with van der Waals surface area (Å²) in [7, 11) is 1.32. The van der Waals surface area contributed by atoms with Gasteiger partial charge in [0.25, 0.3) is 11.6 Å². The number of amides is 1. The van der Waals surface area contributed by atoms with Gasteiger partial charge in [0.15, 0.2) is 11.5 Å². The number of thiophene rings is 1. The minimum absolute atomic E-state index is 0.0457. The number of hydrogen-bond donors (Lipinski definition) is 1. The fourth-order valence-electron chi connectivity index (χ4n) is 3.22. The number of esters is 1. The molecule has 0 saturated carbocycles. The molecule has 11 heteroatoms. The van der Waals surface area contributed by atoms with Crippen molar-refractivity contribution in [3.63, 3.8) is 0 Å². The number of methoxy groups -OCH3 is 1. The first-order valence-electron chi connectivity index (χ1n) is 8.53. The van der Waals surface area contributed by atoms with Crippen molar-refractivity contribution >= 4 is 41.8 Å². The Kier molecular flexibility index (Phi) is 6.40. The van der Waals surface area contributed by atoms with Gasteiger partial charge in [0.05, 0.1) is 30.7 Å². The third-order valence-electron chi connectivity index (χ3n) is 4.53. The van der Waals surface area contributed by atoms with Crippen molar-refractivity contribution in [1.29, 1.82) is 0 Å². The van der Waals surface area contributed by atoms with E-state index in [-0.39, 0.29) is 29.7 Å². The van der Waals surface area contributed by atoms with E-state index in [1.165, 1.54) is 25.0 Å².